The monoisotopic (exact) mass is 509 g/mol. The van der Waals surface area contributed by atoms with Crippen LogP contribution in [0.2, 0.25) is 0 Å². The summed E-state index contributed by atoms with van der Waals surface area (Å²) in [7, 11) is -0.943. The fourth-order valence-electron chi connectivity index (χ4n) is 3.69. The molecule has 8 heteroatoms. The molecule has 1 saturated heterocycles. The Kier molecular flexibility index (Phi) is 13.5. The fraction of sp³-hybridized carbons (Fsp3) is 0.444. The molecule has 2 aromatic carbocycles. The number of aryl methyl sites for hydroxylation is 1. The van der Waals surface area contributed by atoms with Gasteiger partial charge in [-0.3, -0.25) is 5.41 Å². The Balaban J connectivity index is 0.00000179. The number of anilines is 1. The van der Waals surface area contributed by atoms with Crippen molar-refractivity contribution in [2.24, 2.45) is 0 Å². The maximum Gasteiger partial charge on any atom is 0.270 e. The van der Waals surface area contributed by atoms with Gasteiger partial charge in [0.1, 0.15) is 19.4 Å². The van der Waals surface area contributed by atoms with Gasteiger partial charge in [0.05, 0.1) is 0 Å². The highest BCUT2D eigenvalue weighted by molar-refractivity contribution is 8.32. The van der Waals surface area contributed by atoms with Crippen LogP contribution >= 0.6 is 10.0 Å². The molecule has 0 aromatic heterocycles. The number of nitrogens with one attached hydrogen (secondary N) is 1. The molecule has 0 saturated carbocycles. The predicted molar refractivity (Wildman–Crippen MR) is 147 cm³/mol. The van der Waals surface area contributed by atoms with Crippen molar-refractivity contribution >= 4 is 35.1 Å². The van der Waals surface area contributed by atoms with E-state index in [9.17, 15) is 8.78 Å². The largest absolute Gasteiger partial charge is 0.368 e. The Labute approximate surface area is 211 Å². The number of rotatable bonds is 4. The molecule has 1 aliphatic heterocycles. The molecule has 35 heavy (non-hydrogen) atoms. The van der Waals surface area contributed by atoms with Crippen molar-refractivity contribution in [3.05, 3.63) is 59.2 Å². The number of hydrogen-bond acceptors (Lipinski definition) is 4. The number of halogens is 2. The van der Waals surface area contributed by atoms with Crippen LogP contribution in [-0.4, -0.2) is 69.3 Å². The summed E-state index contributed by atoms with van der Waals surface area (Å²) in [6.45, 7) is 14.0. The van der Waals surface area contributed by atoms with E-state index in [-0.39, 0.29) is 5.56 Å². The summed E-state index contributed by atoms with van der Waals surface area (Å²) in [5.41, 5.74) is 3.21. The van der Waals surface area contributed by atoms with Crippen molar-refractivity contribution in [1.82, 2.24) is 4.90 Å². The molecule has 1 fully saturated rings. The number of benzene rings is 2. The second kappa shape index (κ2) is 14.6. The summed E-state index contributed by atoms with van der Waals surface area (Å²) in [6, 6.07) is 13.0. The van der Waals surface area contributed by atoms with Gasteiger partial charge < -0.3 is 19.4 Å². The van der Waals surface area contributed by atoms with E-state index in [2.05, 4.69) is 53.7 Å². The SMILES string of the molecule is C=O.C=O.CC.Cc1ccc(S(C)(C)C)c(C(=N)N2CCN(c3ccc(C(C)(F)F)cc3)CC2)c1. The molecule has 1 N–H and O–H groups in total. The molecule has 0 spiro atoms. The summed E-state index contributed by atoms with van der Waals surface area (Å²) >= 11 is 0. The molecule has 0 bridgehead atoms. The van der Waals surface area contributed by atoms with Gasteiger partial charge in [0.25, 0.3) is 5.92 Å². The smallest absolute Gasteiger partial charge is 0.270 e. The predicted octanol–water partition coefficient (Wildman–Crippen LogP) is 5.96. The minimum Gasteiger partial charge on any atom is -0.368 e. The van der Waals surface area contributed by atoms with E-state index in [1.54, 1.807) is 12.1 Å². The summed E-state index contributed by atoms with van der Waals surface area (Å²) in [5.74, 6) is -2.22. The first-order chi connectivity index (χ1) is 16.5. The first kappa shape index (κ1) is 32.3. The first-order valence-electron chi connectivity index (χ1n) is 11.4. The van der Waals surface area contributed by atoms with Crippen LogP contribution in [-0.2, 0) is 15.5 Å². The van der Waals surface area contributed by atoms with Crippen molar-refractivity contribution in [2.75, 3.05) is 49.8 Å². The zero-order valence-corrected chi connectivity index (χ0v) is 23.0. The molecule has 0 amide bonds. The molecule has 1 aliphatic rings. The minimum atomic E-state index is -2.81. The lowest BCUT2D eigenvalue weighted by atomic mass is 10.1. The number of carbonyl (C=O) groups is 2. The van der Waals surface area contributed by atoms with Gasteiger partial charge in [0.15, 0.2) is 0 Å². The van der Waals surface area contributed by atoms with Gasteiger partial charge in [-0.25, -0.2) is 18.8 Å². The van der Waals surface area contributed by atoms with Crippen LogP contribution in [0.3, 0.4) is 0 Å². The molecule has 0 atom stereocenters. The number of carbonyl (C=O) groups excluding carboxylic acids is 2. The van der Waals surface area contributed by atoms with Crippen molar-refractivity contribution in [3.63, 3.8) is 0 Å². The zero-order chi connectivity index (χ0) is 27.4. The standard InChI is InChI=1S/C23H31F2N3S.C2H6.2CH2O/c1-17-6-11-21(29(3,4)5)20(16-17)22(26)28-14-12-27(13-15-28)19-9-7-18(8-10-19)23(2,24)25;3*1-2/h6-11,16,26H,12-15H2,1-5H3;1-2H3;2*1H2. The van der Waals surface area contributed by atoms with E-state index < -0.39 is 16.0 Å². The van der Waals surface area contributed by atoms with Gasteiger partial charge in [0, 0.05) is 54.8 Å². The third kappa shape index (κ3) is 9.09. The number of alkyl halides is 2. The Hall–Kier alpha value is -2.74. The van der Waals surface area contributed by atoms with E-state index >= 15 is 0 Å². The Morgan fingerprint density at radius 3 is 1.83 bits per heavy atom. The third-order valence-electron chi connectivity index (χ3n) is 5.39. The van der Waals surface area contributed by atoms with Crippen LogP contribution in [0.15, 0.2) is 47.4 Å². The lowest BCUT2D eigenvalue weighted by molar-refractivity contribution is -0.0987. The van der Waals surface area contributed by atoms with Crippen molar-refractivity contribution < 1.29 is 18.4 Å². The van der Waals surface area contributed by atoms with Crippen molar-refractivity contribution in [3.8, 4) is 0 Å². The quantitative estimate of drug-likeness (QED) is 0.408. The highest BCUT2D eigenvalue weighted by Gasteiger charge is 2.26. The average molecular weight is 510 g/mol. The second-order valence-corrected chi connectivity index (χ2v) is 12.7. The average Bonchev–Trinajstić information content (AvgIpc) is 2.86. The molecular formula is C27H41F2N3O2S. The first-order valence-corrected chi connectivity index (χ1v) is 14.3. The number of amidine groups is 1. The van der Waals surface area contributed by atoms with E-state index in [4.69, 9.17) is 15.0 Å². The molecule has 0 unspecified atom stereocenters. The third-order valence-corrected chi connectivity index (χ3v) is 7.06. The summed E-state index contributed by atoms with van der Waals surface area (Å²) < 4.78 is 26.9. The van der Waals surface area contributed by atoms with Crippen molar-refractivity contribution in [2.45, 2.75) is 38.5 Å². The zero-order valence-electron chi connectivity index (χ0n) is 22.2. The summed E-state index contributed by atoms with van der Waals surface area (Å²) in [4.78, 5) is 21.6. The van der Waals surface area contributed by atoms with Crippen LogP contribution in [0, 0.1) is 12.3 Å². The van der Waals surface area contributed by atoms with Gasteiger partial charge in [-0.15, -0.1) is 0 Å². The molecule has 3 rings (SSSR count). The second-order valence-electron chi connectivity index (χ2n) is 8.59. The lowest BCUT2D eigenvalue weighted by Crippen LogP contribution is -2.49. The molecule has 2 aromatic rings. The van der Waals surface area contributed by atoms with Gasteiger partial charge in [-0.1, -0.05) is 37.6 Å². The maximum atomic E-state index is 13.4. The van der Waals surface area contributed by atoms with Crippen LogP contribution in [0.5, 0.6) is 0 Å². The van der Waals surface area contributed by atoms with E-state index in [1.807, 2.05) is 27.4 Å². The van der Waals surface area contributed by atoms with E-state index in [1.165, 1.54) is 22.6 Å². The van der Waals surface area contributed by atoms with Gasteiger partial charge in [0.2, 0.25) is 0 Å². The topological polar surface area (TPSA) is 64.5 Å². The van der Waals surface area contributed by atoms with Crippen LogP contribution in [0.1, 0.15) is 37.5 Å². The highest BCUT2D eigenvalue weighted by Crippen LogP contribution is 2.47. The van der Waals surface area contributed by atoms with Gasteiger partial charge in [-0.05, 0) is 50.0 Å². The number of nitrogens with zero attached hydrogens (tertiary/aromatic N) is 2. The number of hydrogen-bond donors (Lipinski definition) is 1. The minimum absolute atomic E-state index is 0.0401. The Bertz CT molecular complexity index is 916. The maximum absolute atomic E-state index is 13.4. The Morgan fingerprint density at radius 2 is 1.40 bits per heavy atom. The van der Waals surface area contributed by atoms with Crippen LogP contribution in [0.25, 0.3) is 0 Å². The molecule has 0 radical (unpaired) electrons. The molecule has 5 nitrogen and oxygen atoms in total. The summed E-state index contributed by atoms with van der Waals surface area (Å²) in [5, 5.41) is 8.85. The van der Waals surface area contributed by atoms with E-state index in [0.29, 0.717) is 5.84 Å². The highest BCUT2D eigenvalue weighted by atomic mass is 32.3. The Morgan fingerprint density at radius 1 is 0.914 bits per heavy atom. The molecule has 1 heterocycles. The molecule has 196 valence electrons. The normalized spacial score (nSPS) is 13.7. The molecule has 0 aliphatic carbocycles. The van der Waals surface area contributed by atoms with Gasteiger partial charge >= 0.3 is 0 Å². The van der Waals surface area contributed by atoms with Crippen LogP contribution < -0.4 is 4.90 Å². The summed E-state index contributed by atoms with van der Waals surface area (Å²) in [6.07, 6.45) is 6.78. The fourth-order valence-corrected chi connectivity index (χ4v) is 4.98. The molecular weight excluding hydrogens is 468 g/mol. The van der Waals surface area contributed by atoms with Crippen molar-refractivity contribution in [1.29, 1.82) is 5.41 Å². The van der Waals surface area contributed by atoms with Gasteiger partial charge in [-0.2, -0.15) is 0 Å². The number of piperazine rings is 1. The lowest BCUT2D eigenvalue weighted by Gasteiger charge is -2.39. The van der Waals surface area contributed by atoms with Crippen LogP contribution in [0.4, 0.5) is 14.5 Å². The van der Waals surface area contributed by atoms with E-state index in [0.717, 1.165) is 44.4 Å².